The highest BCUT2D eigenvalue weighted by molar-refractivity contribution is 7.19. The van der Waals surface area contributed by atoms with E-state index in [0.29, 0.717) is 5.13 Å². The van der Waals surface area contributed by atoms with Crippen LogP contribution in [0.25, 0.3) is 21.7 Å². The van der Waals surface area contributed by atoms with Gasteiger partial charge >= 0.3 is 0 Å². The molecule has 4 nitrogen and oxygen atoms in total. The van der Waals surface area contributed by atoms with E-state index in [1.54, 1.807) is 12.4 Å². The van der Waals surface area contributed by atoms with Gasteiger partial charge in [0.15, 0.2) is 5.13 Å². The molecule has 6 heteroatoms. The van der Waals surface area contributed by atoms with Crippen LogP contribution in [0.1, 0.15) is 26.3 Å². The van der Waals surface area contributed by atoms with Crippen LogP contribution in [-0.2, 0) is 10.2 Å². The molecule has 1 N–H and O–H groups in total. The van der Waals surface area contributed by atoms with E-state index >= 15 is 0 Å². The van der Waals surface area contributed by atoms with Crippen molar-refractivity contribution in [3.63, 3.8) is 0 Å². The van der Waals surface area contributed by atoms with Crippen molar-refractivity contribution < 1.29 is 4.79 Å². The minimum atomic E-state index is -0.267. The number of halogens is 1. The summed E-state index contributed by atoms with van der Waals surface area (Å²) in [5.74, 6) is -0.365. The number of aromatic nitrogens is 2. The molecule has 2 aromatic heterocycles. The van der Waals surface area contributed by atoms with Gasteiger partial charge in [-0.2, -0.15) is 0 Å². The van der Waals surface area contributed by atoms with Gasteiger partial charge in [-0.25, -0.2) is 4.98 Å². The fourth-order valence-electron chi connectivity index (χ4n) is 2.55. The third-order valence-electron chi connectivity index (χ3n) is 3.96. The molecule has 0 radical (unpaired) electrons. The lowest BCUT2D eigenvalue weighted by Crippen LogP contribution is -2.12. The number of benzene rings is 1. The van der Waals surface area contributed by atoms with Gasteiger partial charge < -0.3 is 5.32 Å². The lowest BCUT2D eigenvalue weighted by Gasteiger charge is -2.19. The number of alkyl halides is 1. The van der Waals surface area contributed by atoms with Crippen LogP contribution in [0.2, 0.25) is 0 Å². The van der Waals surface area contributed by atoms with Crippen LogP contribution in [0, 0.1) is 0 Å². The molecule has 0 aliphatic carbocycles. The number of hydrogen-bond donors (Lipinski definition) is 1. The fraction of sp³-hybridized carbons (Fsp3) is 0.250. The predicted octanol–water partition coefficient (Wildman–Crippen LogP) is 5.35. The van der Waals surface area contributed by atoms with Crippen LogP contribution in [0.5, 0.6) is 0 Å². The molecule has 0 bridgehead atoms. The Hall–Kier alpha value is -2.24. The van der Waals surface area contributed by atoms with Crippen molar-refractivity contribution in [2.75, 3.05) is 11.2 Å². The standard InChI is InChI=1S/C20H20ClN3OS/c1-20(2,3)15-6-4-13(5-7-15)17-18(14-8-10-22-11-9-14)26-19(24-17)23-16(25)12-21/h4-11H,12H2,1-3H3,(H,23,24,25). The molecule has 1 aromatic carbocycles. The maximum Gasteiger partial charge on any atom is 0.241 e. The highest BCUT2D eigenvalue weighted by Gasteiger charge is 2.18. The summed E-state index contributed by atoms with van der Waals surface area (Å²) in [6.45, 7) is 6.56. The molecule has 0 aliphatic heterocycles. The summed E-state index contributed by atoms with van der Waals surface area (Å²) in [5, 5.41) is 3.29. The van der Waals surface area contributed by atoms with Crippen molar-refractivity contribution in [3.05, 3.63) is 54.4 Å². The maximum absolute atomic E-state index is 11.6. The Kier molecular flexibility index (Phi) is 5.39. The van der Waals surface area contributed by atoms with Crippen LogP contribution < -0.4 is 5.32 Å². The van der Waals surface area contributed by atoms with E-state index in [2.05, 4.69) is 60.3 Å². The Morgan fingerprint density at radius 3 is 2.31 bits per heavy atom. The first-order valence-corrected chi connectivity index (χ1v) is 9.61. The second kappa shape index (κ2) is 7.56. The zero-order valence-electron chi connectivity index (χ0n) is 14.9. The SMILES string of the molecule is CC(C)(C)c1ccc(-c2nc(NC(=O)CCl)sc2-c2ccncc2)cc1. The molecule has 2 heterocycles. The topological polar surface area (TPSA) is 54.9 Å². The van der Waals surface area contributed by atoms with Crippen LogP contribution in [0.4, 0.5) is 5.13 Å². The molecule has 0 aliphatic rings. The number of carbonyl (C=O) groups excluding carboxylic acids is 1. The third-order valence-corrected chi connectivity index (χ3v) is 5.22. The average molecular weight is 386 g/mol. The Morgan fingerprint density at radius 1 is 1.08 bits per heavy atom. The van der Waals surface area contributed by atoms with Crippen LogP contribution >= 0.6 is 22.9 Å². The Bertz CT molecular complexity index is 899. The molecule has 26 heavy (non-hydrogen) atoms. The van der Waals surface area contributed by atoms with E-state index in [1.165, 1.54) is 16.9 Å². The number of amides is 1. The first kappa shape index (κ1) is 18.5. The van der Waals surface area contributed by atoms with Gasteiger partial charge in [0.05, 0.1) is 10.6 Å². The fourth-order valence-corrected chi connectivity index (χ4v) is 3.63. The van der Waals surface area contributed by atoms with Gasteiger partial charge in [0.2, 0.25) is 5.91 Å². The van der Waals surface area contributed by atoms with Crippen molar-refractivity contribution in [2.24, 2.45) is 0 Å². The summed E-state index contributed by atoms with van der Waals surface area (Å²) in [6, 6.07) is 12.3. The zero-order valence-corrected chi connectivity index (χ0v) is 16.5. The highest BCUT2D eigenvalue weighted by Crippen LogP contribution is 2.39. The van der Waals surface area contributed by atoms with Crippen LogP contribution in [-0.4, -0.2) is 21.8 Å². The van der Waals surface area contributed by atoms with Gasteiger partial charge in [0.25, 0.3) is 0 Å². The number of thiazole rings is 1. The molecule has 134 valence electrons. The van der Waals surface area contributed by atoms with E-state index in [9.17, 15) is 4.79 Å². The lowest BCUT2D eigenvalue weighted by molar-refractivity contribution is -0.113. The van der Waals surface area contributed by atoms with Crippen molar-refractivity contribution in [1.29, 1.82) is 0 Å². The second-order valence-corrected chi connectivity index (χ2v) is 8.21. The van der Waals surface area contributed by atoms with Gasteiger partial charge in [-0.3, -0.25) is 9.78 Å². The molecule has 0 unspecified atom stereocenters. The number of nitrogens with one attached hydrogen (secondary N) is 1. The first-order valence-electron chi connectivity index (χ1n) is 8.26. The summed E-state index contributed by atoms with van der Waals surface area (Å²) >= 11 is 7.03. The predicted molar refractivity (Wildman–Crippen MR) is 109 cm³/mol. The number of anilines is 1. The molecule has 0 spiro atoms. The van der Waals surface area contributed by atoms with Crippen molar-refractivity contribution in [1.82, 2.24) is 9.97 Å². The van der Waals surface area contributed by atoms with E-state index in [-0.39, 0.29) is 17.2 Å². The molecule has 0 fully saturated rings. The van der Waals surface area contributed by atoms with Gasteiger partial charge in [-0.15, -0.1) is 11.6 Å². The number of hydrogen-bond acceptors (Lipinski definition) is 4. The smallest absolute Gasteiger partial charge is 0.241 e. The van der Waals surface area contributed by atoms with Crippen molar-refractivity contribution >= 4 is 34.0 Å². The average Bonchev–Trinajstić information content (AvgIpc) is 3.05. The first-order chi connectivity index (χ1) is 12.4. The molecule has 1 amide bonds. The summed E-state index contributed by atoms with van der Waals surface area (Å²) in [4.78, 5) is 21.4. The molecular formula is C20H20ClN3OS. The third kappa shape index (κ3) is 4.11. The Labute approximate surface area is 162 Å². The minimum Gasteiger partial charge on any atom is -0.301 e. The van der Waals surface area contributed by atoms with E-state index in [0.717, 1.165) is 21.7 Å². The number of pyridine rings is 1. The lowest BCUT2D eigenvalue weighted by atomic mass is 9.86. The van der Waals surface area contributed by atoms with Gasteiger partial charge in [-0.1, -0.05) is 56.4 Å². The number of carbonyl (C=O) groups is 1. The maximum atomic E-state index is 11.6. The summed E-state index contributed by atoms with van der Waals surface area (Å²) < 4.78 is 0. The largest absolute Gasteiger partial charge is 0.301 e. The molecule has 0 saturated heterocycles. The van der Waals surface area contributed by atoms with Gasteiger partial charge in [0, 0.05) is 18.0 Å². The Balaban J connectivity index is 2.05. The van der Waals surface area contributed by atoms with Crippen molar-refractivity contribution in [3.8, 4) is 21.7 Å². The summed E-state index contributed by atoms with van der Waals surface area (Å²) in [5.41, 5.74) is 4.21. The van der Waals surface area contributed by atoms with E-state index < -0.39 is 0 Å². The molecule has 0 atom stereocenters. The molecule has 0 saturated carbocycles. The van der Waals surface area contributed by atoms with Gasteiger partial charge in [0.1, 0.15) is 5.88 Å². The Morgan fingerprint density at radius 2 is 1.73 bits per heavy atom. The quantitative estimate of drug-likeness (QED) is 0.616. The minimum absolute atomic E-state index is 0.0913. The van der Waals surface area contributed by atoms with Crippen LogP contribution in [0.15, 0.2) is 48.8 Å². The molecular weight excluding hydrogens is 366 g/mol. The monoisotopic (exact) mass is 385 g/mol. The second-order valence-electron chi connectivity index (χ2n) is 6.94. The molecule has 3 aromatic rings. The van der Waals surface area contributed by atoms with Gasteiger partial charge in [-0.05, 0) is 28.7 Å². The van der Waals surface area contributed by atoms with E-state index in [1.807, 2.05) is 12.1 Å². The molecule has 3 rings (SSSR count). The van der Waals surface area contributed by atoms with Crippen molar-refractivity contribution in [2.45, 2.75) is 26.2 Å². The van der Waals surface area contributed by atoms with E-state index in [4.69, 9.17) is 11.6 Å². The summed E-state index contributed by atoms with van der Waals surface area (Å²) in [6.07, 6.45) is 3.50. The zero-order chi connectivity index (χ0) is 18.7. The highest BCUT2D eigenvalue weighted by atomic mass is 35.5. The number of nitrogens with zero attached hydrogens (tertiary/aromatic N) is 2. The number of rotatable bonds is 4. The van der Waals surface area contributed by atoms with Crippen LogP contribution in [0.3, 0.4) is 0 Å². The summed E-state index contributed by atoms with van der Waals surface area (Å²) in [7, 11) is 0. The normalized spacial score (nSPS) is 11.4.